The molecular weight excluding hydrogens is 390 g/mol. The van der Waals surface area contributed by atoms with Crippen molar-refractivity contribution >= 4 is 39.2 Å². The highest BCUT2D eigenvalue weighted by Crippen LogP contribution is 2.31. The molecule has 28 heavy (non-hydrogen) atoms. The molecule has 7 heteroatoms. The molecule has 0 bridgehead atoms. The Kier molecular flexibility index (Phi) is 5.82. The molecule has 1 aromatic carbocycles. The molecule has 2 aromatic heterocycles. The minimum absolute atomic E-state index is 0.0603. The van der Waals surface area contributed by atoms with E-state index in [9.17, 15) is 9.59 Å². The van der Waals surface area contributed by atoms with Crippen LogP contribution in [0.1, 0.15) is 25.7 Å². The first-order chi connectivity index (χ1) is 13.6. The van der Waals surface area contributed by atoms with Gasteiger partial charge in [-0.15, -0.1) is 11.3 Å². The van der Waals surface area contributed by atoms with Crippen molar-refractivity contribution in [3.63, 3.8) is 0 Å². The van der Waals surface area contributed by atoms with Gasteiger partial charge in [0.15, 0.2) is 5.16 Å². The summed E-state index contributed by atoms with van der Waals surface area (Å²) in [4.78, 5) is 33.0. The molecule has 1 amide bonds. The van der Waals surface area contributed by atoms with Gasteiger partial charge in [0.25, 0.3) is 5.56 Å². The molecule has 4 rings (SSSR count). The first-order valence-corrected chi connectivity index (χ1v) is 11.5. The summed E-state index contributed by atoms with van der Waals surface area (Å²) >= 11 is 2.83. The minimum atomic E-state index is -0.0603. The summed E-state index contributed by atoms with van der Waals surface area (Å²) in [5.41, 5.74) is 1.88. The van der Waals surface area contributed by atoms with Crippen molar-refractivity contribution in [2.75, 3.05) is 18.8 Å². The highest BCUT2D eigenvalue weighted by atomic mass is 32.2. The average Bonchev–Trinajstić information content (AvgIpc) is 2.95. The molecule has 0 atom stereocenters. The van der Waals surface area contributed by atoms with Crippen LogP contribution in [0.4, 0.5) is 0 Å². The van der Waals surface area contributed by atoms with Crippen LogP contribution in [0.3, 0.4) is 0 Å². The van der Waals surface area contributed by atoms with E-state index in [4.69, 9.17) is 4.98 Å². The molecule has 1 aliphatic heterocycles. The normalized spacial score (nSPS) is 15.0. The Labute approximate surface area is 172 Å². The molecule has 0 spiro atoms. The van der Waals surface area contributed by atoms with Gasteiger partial charge in [-0.3, -0.25) is 14.2 Å². The standard InChI is InChI=1S/C21H23N3O2S2/c1-23-20(26)18-16(15-9-5-4-6-10-15)13-27-19(18)22-21(23)28-14-17(25)24-11-7-2-3-8-12-24/h4-6,9-10,13H,2-3,7-8,11-12,14H2,1H3. The minimum Gasteiger partial charge on any atom is -0.342 e. The number of thiophene rings is 1. The van der Waals surface area contributed by atoms with Gasteiger partial charge in [-0.2, -0.15) is 0 Å². The molecule has 0 unspecified atom stereocenters. The van der Waals surface area contributed by atoms with Crippen molar-refractivity contribution in [2.45, 2.75) is 30.8 Å². The van der Waals surface area contributed by atoms with Gasteiger partial charge >= 0.3 is 0 Å². The SMILES string of the molecule is Cn1c(SCC(=O)N2CCCCCC2)nc2scc(-c3ccccc3)c2c1=O. The summed E-state index contributed by atoms with van der Waals surface area (Å²) in [6.45, 7) is 1.69. The lowest BCUT2D eigenvalue weighted by molar-refractivity contribution is -0.128. The Bertz CT molecular complexity index is 1030. The van der Waals surface area contributed by atoms with E-state index in [2.05, 4.69) is 0 Å². The van der Waals surface area contributed by atoms with Crippen molar-refractivity contribution in [3.05, 3.63) is 46.1 Å². The van der Waals surface area contributed by atoms with Crippen LogP contribution in [0, 0.1) is 0 Å². The maximum Gasteiger partial charge on any atom is 0.263 e. The van der Waals surface area contributed by atoms with Gasteiger partial charge in [-0.1, -0.05) is 54.9 Å². The number of carbonyl (C=O) groups is 1. The quantitative estimate of drug-likeness (QED) is 0.476. The topological polar surface area (TPSA) is 55.2 Å². The van der Waals surface area contributed by atoms with Crippen molar-refractivity contribution in [1.29, 1.82) is 0 Å². The smallest absolute Gasteiger partial charge is 0.263 e. The van der Waals surface area contributed by atoms with E-state index >= 15 is 0 Å². The lowest BCUT2D eigenvalue weighted by Gasteiger charge is -2.20. The predicted octanol–water partition coefficient (Wildman–Crippen LogP) is 4.16. The third-order valence-corrected chi connectivity index (χ3v) is 7.03. The van der Waals surface area contributed by atoms with E-state index in [1.54, 1.807) is 11.6 Å². The summed E-state index contributed by atoms with van der Waals surface area (Å²) in [6, 6.07) is 9.90. The molecule has 0 radical (unpaired) electrons. The number of hydrogen-bond acceptors (Lipinski definition) is 5. The fourth-order valence-corrected chi connectivity index (χ4v) is 5.41. The highest BCUT2D eigenvalue weighted by molar-refractivity contribution is 7.99. The van der Waals surface area contributed by atoms with Crippen LogP contribution in [-0.2, 0) is 11.8 Å². The number of benzene rings is 1. The second kappa shape index (κ2) is 8.49. The Morgan fingerprint density at radius 1 is 1.14 bits per heavy atom. The lowest BCUT2D eigenvalue weighted by Crippen LogP contribution is -2.33. The van der Waals surface area contributed by atoms with Gasteiger partial charge in [-0.05, 0) is 18.4 Å². The molecule has 0 saturated carbocycles. The van der Waals surface area contributed by atoms with E-state index in [1.807, 2.05) is 40.6 Å². The van der Waals surface area contributed by atoms with Gasteiger partial charge in [0.2, 0.25) is 5.91 Å². The van der Waals surface area contributed by atoms with Crippen molar-refractivity contribution in [2.24, 2.45) is 7.05 Å². The molecule has 1 saturated heterocycles. The molecule has 3 heterocycles. The van der Waals surface area contributed by atoms with Gasteiger partial charge in [0, 0.05) is 31.1 Å². The lowest BCUT2D eigenvalue weighted by atomic mass is 10.1. The third kappa shape index (κ3) is 3.86. The number of amides is 1. The summed E-state index contributed by atoms with van der Waals surface area (Å²) in [7, 11) is 1.74. The highest BCUT2D eigenvalue weighted by Gasteiger charge is 2.19. The number of fused-ring (bicyclic) bond motifs is 1. The van der Waals surface area contributed by atoms with Gasteiger partial charge in [-0.25, -0.2) is 4.98 Å². The Morgan fingerprint density at radius 2 is 1.86 bits per heavy atom. The van der Waals surface area contributed by atoms with Crippen LogP contribution in [0.5, 0.6) is 0 Å². The Balaban J connectivity index is 1.58. The van der Waals surface area contributed by atoms with Crippen molar-refractivity contribution in [3.8, 4) is 11.1 Å². The van der Waals surface area contributed by atoms with E-state index in [0.717, 1.165) is 41.9 Å². The second-order valence-electron chi connectivity index (χ2n) is 7.04. The van der Waals surface area contributed by atoms with Gasteiger partial charge < -0.3 is 4.90 Å². The van der Waals surface area contributed by atoms with Crippen LogP contribution in [0.25, 0.3) is 21.3 Å². The molecule has 0 N–H and O–H groups in total. The zero-order valence-corrected chi connectivity index (χ0v) is 17.5. The van der Waals surface area contributed by atoms with E-state index in [-0.39, 0.29) is 11.5 Å². The number of rotatable bonds is 4. The first kappa shape index (κ1) is 19.2. The zero-order valence-electron chi connectivity index (χ0n) is 15.9. The van der Waals surface area contributed by atoms with Crippen LogP contribution in [-0.4, -0.2) is 39.2 Å². The van der Waals surface area contributed by atoms with Gasteiger partial charge in [0.05, 0.1) is 11.1 Å². The first-order valence-electron chi connectivity index (χ1n) is 9.59. The summed E-state index contributed by atoms with van der Waals surface area (Å²) in [5.74, 6) is 0.459. The summed E-state index contributed by atoms with van der Waals surface area (Å²) in [6.07, 6.45) is 4.56. The Hall–Kier alpha value is -2.12. The fraction of sp³-hybridized carbons (Fsp3) is 0.381. The maximum absolute atomic E-state index is 13.0. The number of nitrogens with zero attached hydrogens (tertiary/aromatic N) is 3. The number of likely N-dealkylation sites (tertiary alicyclic amines) is 1. The second-order valence-corrected chi connectivity index (χ2v) is 8.84. The van der Waals surface area contributed by atoms with Crippen LogP contribution < -0.4 is 5.56 Å². The van der Waals surface area contributed by atoms with Crippen molar-refractivity contribution < 1.29 is 4.79 Å². The van der Waals surface area contributed by atoms with Crippen molar-refractivity contribution in [1.82, 2.24) is 14.5 Å². The molecule has 1 aliphatic rings. The number of hydrogen-bond donors (Lipinski definition) is 0. The fourth-order valence-electron chi connectivity index (χ4n) is 3.55. The third-order valence-electron chi connectivity index (χ3n) is 5.14. The van der Waals surface area contributed by atoms with Crippen LogP contribution in [0.2, 0.25) is 0 Å². The summed E-state index contributed by atoms with van der Waals surface area (Å²) in [5, 5.41) is 3.25. The Morgan fingerprint density at radius 3 is 2.57 bits per heavy atom. The average molecular weight is 414 g/mol. The summed E-state index contributed by atoms with van der Waals surface area (Å²) < 4.78 is 1.57. The van der Waals surface area contributed by atoms with Crippen LogP contribution in [0.15, 0.2) is 45.7 Å². The van der Waals surface area contributed by atoms with E-state index in [0.29, 0.717) is 16.3 Å². The molecule has 146 valence electrons. The van der Waals surface area contributed by atoms with Gasteiger partial charge in [0.1, 0.15) is 4.83 Å². The largest absolute Gasteiger partial charge is 0.342 e. The van der Waals surface area contributed by atoms with Crippen LogP contribution >= 0.6 is 23.1 Å². The number of carbonyl (C=O) groups excluding carboxylic acids is 1. The molecular formula is C21H23N3O2S2. The predicted molar refractivity (Wildman–Crippen MR) is 116 cm³/mol. The molecule has 1 fully saturated rings. The number of aromatic nitrogens is 2. The zero-order chi connectivity index (χ0) is 19.5. The molecule has 5 nitrogen and oxygen atoms in total. The molecule has 0 aliphatic carbocycles. The molecule has 3 aromatic rings. The van der Waals surface area contributed by atoms with E-state index in [1.165, 1.54) is 35.9 Å². The van der Waals surface area contributed by atoms with E-state index < -0.39 is 0 Å². The number of thioether (sulfide) groups is 1. The maximum atomic E-state index is 13.0. The monoisotopic (exact) mass is 413 g/mol.